The predicted octanol–water partition coefficient (Wildman–Crippen LogP) is 3.58. The minimum Gasteiger partial charge on any atom is -0.393 e. The molecule has 0 unspecified atom stereocenters. The summed E-state index contributed by atoms with van der Waals surface area (Å²) in [7, 11) is 0. The maximum absolute atomic E-state index is 12.6. The molecule has 0 atom stereocenters. The highest BCUT2D eigenvalue weighted by Crippen LogP contribution is 2.29. The van der Waals surface area contributed by atoms with Crippen LogP contribution in [0.5, 0.6) is 0 Å². The van der Waals surface area contributed by atoms with Gasteiger partial charge in [-0.15, -0.1) is 0 Å². The Kier molecular flexibility index (Phi) is 4.19. The lowest BCUT2D eigenvalue weighted by Crippen LogP contribution is -2.25. The van der Waals surface area contributed by atoms with Crippen molar-refractivity contribution in [2.45, 2.75) is 46.1 Å². The van der Waals surface area contributed by atoms with Crippen LogP contribution >= 0.6 is 11.6 Å². The number of nitrogens with two attached hydrogens (primary N) is 1. The Morgan fingerprint density at radius 2 is 1.86 bits per heavy atom. The number of aromatic nitrogens is 2. The average molecular weight is 308 g/mol. The highest BCUT2D eigenvalue weighted by atomic mass is 35.5. The quantitative estimate of drug-likeness (QED) is 0.942. The van der Waals surface area contributed by atoms with Gasteiger partial charge >= 0.3 is 0 Å². The van der Waals surface area contributed by atoms with E-state index in [9.17, 15) is 4.79 Å². The Labute approximate surface area is 130 Å². The molecule has 0 spiro atoms. The fourth-order valence-electron chi connectivity index (χ4n) is 2.64. The highest BCUT2D eigenvalue weighted by molar-refractivity contribution is 6.32. The molecule has 114 valence electrons. The average Bonchev–Trinajstić information content (AvgIpc) is 2.63. The normalized spacial score (nSPS) is 11.9. The van der Waals surface area contributed by atoms with Gasteiger partial charge in [0.25, 0.3) is 5.56 Å². The second-order valence-electron chi connectivity index (χ2n) is 6.20. The van der Waals surface area contributed by atoms with Crippen molar-refractivity contribution >= 4 is 17.3 Å². The van der Waals surface area contributed by atoms with E-state index in [1.807, 2.05) is 22.9 Å². The summed E-state index contributed by atoms with van der Waals surface area (Å²) in [5.74, 6) is 0. The van der Waals surface area contributed by atoms with Gasteiger partial charge in [0.15, 0.2) is 0 Å². The Hall–Kier alpha value is -1.68. The number of halogens is 1. The summed E-state index contributed by atoms with van der Waals surface area (Å²) >= 11 is 6.26. The molecule has 0 saturated heterocycles. The molecule has 0 aliphatic rings. The van der Waals surface area contributed by atoms with Crippen LogP contribution in [0.2, 0.25) is 5.02 Å². The maximum atomic E-state index is 12.6. The first-order chi connectivity index (χ1) is 9.79. The van der Waals surface area contributed by atoms with E-state index in [2.05, 4.69) is 27.7 Å². The van der Waals surface area contributed by atoms with Gasteiger partial charge < -0.3 is 5.73 Å². The third-order valence-corrected chi connectivity index (χ3v) is 3.72. The Bertz CT molecular complexity index is 707. The monoisotopic (exact) mass is 307 g/mol. The summed E-state index contributed by atoms with van der Waals surface area (Å²) in [6.45, 7) is 8.96. The standard InChI is InChI=1S/C16H22ClN3O/c1-5-10-19-14(16(2,3)4)13(18)15(21)20(19)12-9-7-6-8-11(12)17/h6-9H,5,10,18H2,1-4H3. The van der Waals surface area contributed by atoms with Crippen molar-refractivity contribution in [2.75, 3.05) is 5.73 Å². The van der Waals surface area contributed by atoms with Crippen LogP contribution in [0, 0.1) is 0 Å². The third-order valence-electron chi connectivity index (χ3n) is 3.40. The summed E-state index contributed by atoms with van der Waals surface area (Å²) < 4.78 is 3.56. The van der Waals surface area contributed by atoms with Crippen molar-refractivity contribution in [3.8, 4) is 5.69 Å². The number of hydrogen-bond acceptors (Lipinski definition) is 2. The van der Waals surface area contributed by atoms with E-state index in [0.29, 0.717) is 22.9 Å². The van der Waals surface area contributed by atoms with Crippen molar-refractivity contribution in [2.24, 2.45) is 0 Å². The first-order valence-corrected chi connectivity index (χ1v) is 7.53. The number of para-hydroxylation sites is 1. The number of benzene rings is 1. The number of rotatable bonds is 3. The summed E-state index contributed by atoms with van der Waals surface area (Å²) in [5.41, 5.74) is 7.51. The molecule has 2 aromatic rings. The minimum absolute atomic E-state index is 0.207. The van der Waals surface area contributed by atoms with Gasteiger partial charge in [-0.25, -0.2) is 4.68 Å². The fourth-order valence-corrected chi connectivity index (χ4v) is 2.86. The largest absolute Gasteiger partial charge is 0.393 e. The molecule has 0 bridgehead atoms. The topological polar surface area (TPSA) is 52.9 Å². The van der Waals surface area contributed by atoms with Crippen molar-refractivity contribution in [3.63, 3.8) is 0 Å². The molecule has 1 aromatic carbocycles. The lowest BCUT2D eigenvalue weighted by atomic mass is 9.91. The fraction of sp³-hybridized carbons (Fsp3) is 0.438. The van der Waals surface area contributed by atoms with Crippen molar-refractivity contribution in [1.82, 2.24) is 9.36 Å². The van der Waals surface area contributed by atoms with Gasteiger partial charge in [-0.05, 0) is 18.6 Å². The number of hydrogen-bond donors (Lipinski definition) is 1. The SMILES string of the molecule is CCCn1c(C(C)(C)C)c(N)c(=O)n1-c1ccccc1Cl. The summed E-state index contributed by atoms with van der Waals surface area (Å²) in [6, 6.07) is 7.32. The van der Waals surface area contributed by atoms with E-state index < -0.39 is 0 Å². The molecule has 0 amide bonds. The van der Waals surface area contributed by atoms with Crippen molar-refractivity contribution in [3.05, 3.63) is 45.3 Å². The molecule has 0 aliphatic carbocycles. The molecule has 2 N–H and O–H groups in total. The highest BCUT2D eigenvalue weighted by Gasteiger charge is 2.28. The first kappa shape index (κ1) is 15.7. The molecular weight excluding hydrogens is 286 g/mol. The van der Waals surface area contributed by atoms with Crippen LogP contribution in [0.4, 0.5) is 5.69 Å². The van der Waals surface area contributed by atoms with Gasteiger partial charge in [0.2, 0.25) is 0 Å². The van der Waals surface area contributed by atoms with E-state index in [-0.39, 0.29) is 11.0 Å². The van der Waals surface area contributed by atoms with Crippen molar-refractivity contribution < 1.29 is 0 Å². The van der Waals surface area contributed by atoms with Gasteiger partial charge in [0.05, 0.1) is 16.4 Å². The van der Waals surface area contributed by atoms with E-state index in [1.165, 1.54) is 0 Å². The number of anilines is 1. The Morgan fingerprint density at radius 3 is 2.38 bits per heavy atom. The molecule has 0 fully saturated rings. The Morgan fingerprint density at radius 1 is 1.24 bits per heavy atom. The summed E-state index contributed by atoms with van der Waals surface area (Å²) in [5, 5.41) is 0.537. The van der Waals surface area contributed by atoms with E-state index >= 15 is 0 Å². The second kappa shape index (κ2) is 5.60. The van der Waals surface area contributed by atoms with E-state index in [4.69, 9.17) is 17.3 Å². The van der Waals surface area contributed by atoms with Crippen LogP contribution < -0.4 is 11.3 Å². The molecule has 0 saturated carbocycles. The van der Waals surface area contributed by atoms with E-state index in [1.54, 1.807) is 10.7 Å². The van der Waals surface area contributed by atoms with Crippen molar-refractivity contribution in [1.29, 1.82) is 0 Å². The summed E-state index contributed by atoms with van der Waals surface area (Å²) in [6.07, 6.45) is 0.904. The number of nitrogen functional groups attached to an aromatic ring is 1. The smallest absolute Gasteiger partial charge is 0.294 e. The van der Waals surface area contributed by atoms with Crippen LogP contribution in [0.3, 0.4) is 0 Å². The zero-order chi connectivity index (χ0) is 15.8. The lowest BCUT2D eigenvalue weighted by Gasteiger charge is -2.23. The third kappa shape index (κ3) is 2.72. The summed E-state index contributed by atoms with van der Waals surface area (Å²) in [4.78, 5) is 12.6. The number of nitrogens with zero attached hydrogens (tertiary/aromatic N) is 2. The minimum atomic E-state index is -0.217. The van der Waals surface area contributed by atoms with Crippen LogP contribution in [0.25, 0.3) is 5.69 Å². The van der Waals surface area contributed by atoms with Gasteiger partial charge in [-0.1, -0.05) is 51.4 Å². The van der Waals surface area contributed by atoms with Crippen LogP contribution in [-0.2, 0) is 12.0 Å². The van der Waals surface area contributed by atoms with Crippen LogP contribution in [0.15, 0.2) is 29.1 Å². The maximum Gasteiger partial charge on any atom is 0.294 e. The van der Waals surface area contributed by atoms with Gasteiger partial charge in [-0.3, -0.25) is 9.48 Å². The zero-order valence-corrected chi connectivity index (χ0v) is 13.7. The first-order valence-electron chi connectivity index (χ1n) is 7.15. The van der Waals surface area contributed by atoms with Gasteiger partial charge in [0.1, 0.15) is 5.69 Å². The predicted molar refractivity (Wildman–Crippen MR) is 88.4 cm³/mol. The van der Waals surface area contributed by atoms with Gasteiger partial charge in [0, 0.05) is 12.0 Å². The molecule has 1 heterocycles. The van der Waals surface area contributed by atoms with Crippen LogP contribution in [0.1, 0.15) is 39.8 Å². The van der Waals surface area contributed by atoms with Crippen LogP contribution in [-0.4, -0.2) is 9.36 Å². The molecule has 1 aromatic heterocycles. The molecule has 5 heteroatoms. The molecule has 0 radical (unpaired) electrons. The molecule has 21 heavy (non-hydrogen) atoms. The lowest BCUT2D eigenvalue weighted by molar-refractivity contribution is 0.452. The second-order valence-corrected chi connectivity index (χ2v) is 6.61. The molecule has 0 aliphatic heterocycles. The molecule has 2 rings (SSSR count). The Balaban J connectivity index is 2.84. The molecular formula is C16H22ClN3O. The van der Waals surface area contributed by atoms with E-state index in [0.717, 1.165) is 12.1 Å². The van der Waals surface area contributed by atoms with Gasteiger partial charge in [-0.2, -0.15) is 0 Å². The molecule has 4 nitrogen and oxygen atoms in total. The zero-order valence-electron chi connectivity index (χ0n) is 13.0.